The Kier molecular flexibility index (Phi) is 3.36. The number of benzene rings is 1. The predicted molar refractivity (Wildman–Crippen MR) is 50.9 cm³/mol. The van der Waals surface area contributed by atoms with Gasteiger partial charge in [0.2, 0.25) is 0 Å². The zero-order valence-electron chi connectivity index (χ0n) is 8.06. The van der Waals surface area contributed by atoms with Crippen molar-refractivity contribution in [3.63, 3.8) is 0 Å². The van der Waals surface area contributed by atoms with Crippen molar-refractivity contribution in [2.24, 2.45) is 0 Å². The van der Waals surface area contributed by atoms with E-state index in [0.29, 0.717) is 11.1 Å². The molecule has 1 aromatic rings. The number of hydroxylamine groups is 2. The fourth-order valence-corrected chi connectivity index (χ4v) is 0.969. The first-order valence-corrected chi connectivity index (χ1v) is 4.06. The molecule has 0 radical (unpaired) electrons. The summed E-state index contributed by atoms with van der Waals surface area (Å²) in [6.45, 7) is 0. The van der Waals surface area contributed by atoms with Crippen molar-refractivity contribution >= 4 is 12.2 Å². The number of rotatable bonds is 3. The molecule has 1 aromatic carbocycles. The minimum absolute atomic E-state index is 0.245. The molecule has 0 unspecified atom stereocenters. The number of carbonyl (C=O) groups is 2. The molecule has 74 valence electrons. The Bertz CT molecular complexity index is 332. The van der Waals surface area contributed by atoms with Crippen LogP contribution in [0.4, 0.5) is 0 Å². The van der Waals surface area contributed by atoms with E-state index in [-0.39, 0.29) is 5.91 Å². The summed E-state index contributed by atoms with van der Waals surface area (Å²) in [5.41, 5.74) is 1.03. The Morgan fingerprint density at radius 1 is 1.36 bits per heavy atom. The Morgan fingerprint density at radius 3 is 2.36 bits per heavy atom. The van der Waals surface area contributed by atoms with E-state index >= 15 is 0 Å². The van der Waals surface area contributed by atoms with Gasteiger partial charge < -0.3 is 0 Å². The smallest absolute Gasteiger partial charge is 0.277 e. The maximum atomic E-state index is 11.5. The highest BCUT2D eigenvalue weighted by atomic mass is 16.7. The summed E-state index contributed by atoms with van der Waals surface area (Å²) < 4.78 is 0. The molecule has 14 heavy (non-hydrogen) atoms. The van der Waals surface area contributed by atoms with E-state index in [4.69, 9.17) is 4.84 Å². The van der Waals surface area contributed by atoms with Crippen LogP contribution in [0.15, 0.2) is 24.3 Å². The van der Waals surface area contributed by atoms with Crippen LogP contribution in [-0.4, -0.2) is 31.4 Å². The minimum Gasteiger partial charge on any atom is -0.298 e. The number of amides is 1. The molecule has 0 aliphatic heterocycles. The van der Waals surface area contributed by atoms with Gasteiger partial charge in [0, 0.05) is 18.2 Å². The Labute approximate surface area is 82.0 Å². The van der Waals surface area contributed by atoms with Gasteiger partial charge in [0.05, 0.1) is 7.11 Å². The quantitative estimate of drug-likeness (QED) is 0.534. The first kappa shape index (κ1) is 10.4. The van der Waals surface area contributed by atoms with Gasteiger partial charge in [0.25, 0.3) is 5.91 Å². The molecule has 0 fully saturated rings. The van der Waals surface area contributed by atoms with Gasteiger partial charge in [-0.2, -0.15) is 0 Å². The largest absolute Gasteiger partial charge is 0.298 e. The summed E-state index contributed by atoms with van der Waals surface area (Å²) in [6, 6.07) is 6.34. The SMILES string of the molecule is CON(C)C(=O)c1ccc(C=O)cc1. The average molecular weight is 193 g/mol. The minimum atomic E-state index is -0.245. The van der Waals surface area contributed by atoms with E-state index in [1.807, 2.05) is 0 Å². The monoisotopic (exact) mass is 193 g/mol. The van der Waals surface area contributed by atoms with Crippen molar-refractivity contribution in [3.05, 3.63) is 35.4 Å². The summed E-state index contributed by atoms with van der Waals surface area (Å²) in [6.07, 6.45) is 0.730. The van der Waals surface area contributed by atoms with Gasteiger partial charge in [0.1, 0.15) is 6.29 Å². The van der Waals surface area contributed by atoms with Crippen LogP contribution < -0.4 is 0 Å². The first-order chi connectivity index (χ1) is 6.69. The van der Waals surface area contributed by atoms with E-state index in [0.717, 1.165) is 11.3 Å². The number of hydrogen-bond acceptors (Lipinski definition) is 3. The molecule has 0 aliphatic rings. The summed E-state index contributed by atoms with van der Waals surface area (Å²) in [5.74, 6) is -0.245. The predicted octanol–water partition coefficient (Wildman–Crippen LogP) is 1.13. The molecule has 0 N–H and O–H groups in total. The van der Waals surface area contributed by atoms with Gasteiger partial charge in [-0.25, -0.2) is 5.06 Å². The first-order valence-electron chi connectivity index (χ1n) is 4.06. The number of nitrogens with zero attached hydrogens (tertiary/aromatic N) is 1. The molecule has 4 nitrogen and oxygen atoms in total. The Morgan fingerprint density at radius 2 is 1.93 bits per heavy atom. The van der Waals surface area contributed by atoms with Gasteiger partial charge in [0.15, 0.2) is 0 Å². The maximum absolute atomic E-state index is 11.5. The van der Waals surface area contributed by atoms with Gasteiger partial charge in [-0.15, -0.1) is 0 Å². The van der Waals surface area contributed by atoms with E-state index in [1.165, 1.54) is 14.2 Å². The second-order valence-corrected chi connectivity index (χ2v) is 2.73. The molecule has 1 amide bonds. The normalized spacial score (nSPS) is 9.57. The molecule has 0 saturated carbocycles. The second-order valence-electron chi connectivity index (χ2n) is 2.73. The highest BCUT2D eigenvalue weighted by molar-refractivity contribution is 5.94. The molecular weight excluding hydrogens is 182 g/mol. The fourth-order valence-electron chi connectivity index (χ4n) is 0.969. The lowest BCUT2D eigenvalue weighted by atomic mass is 10.1. The summed E-state index contributed by atoms with van der Waals surface area (Å²) in [7, 11) is 2.94. The van der Waals surface area contributed by atoms with Crippen LogP contribution in [0.1, 0.15) is 20.7 Å². The summed E-state index contributed by atoms with van der Waals surface area (Å²) in [5, 5.41) is 1.12. The van der Waals surface area contributed by atoms with Crippen molar-refractivity contribution in [2.75, 3.05) is 14.2 Å². The molecule has 0 atom stereocenters. The van der Waals surface area contributed by atoms with E-state index in [9.17, 15) is 9.59 Å². The van der Waals surface area contributed by atoms with E-state index in [1.54, 1.807) is 24.3 Å². The third-order valence-electron chi connectivity index (χ3n) is 1.85. The highest BCUT2D eigenvalue weighted by Gasteiger charge is 2.10. The van der Waals surface area contributed by atoms with Crippen LogP contribution in [0.3, 0.4) is 0 Å². The molecule has 0 heterocycles. The van der Waals surface area contributed by atoms with Crippen LogP contribution in [0.5, 0.6) is 0 Å². The number of hydrogen-bond donors (Lipinski definition) is 0. The molecule has 4 heteroatoms. The van der Waals surface area contributed by atoms with Crippen molar-refractivity contribution in [1.29, 1.82) is 0 Å². The molecule has 0 aromatic heterocycles. The Balaban J connectivity index is 2.86. The zero-order chi connectivity index (χ0) is 10.6. The highest BCUT2D eigenvalue weighted by Crippen LogP contribution is 2.05. The van der Waals surface area contributed by atoms with Crippen molar-refractivity contribution in [3.8, 4) is 0 Å². The van der Waals surface area contributed by atoms with Crippen LogP contribution in [0.25, 0.3) is 0 Å². The molecular formula is C10H11NO3. The van der Waals surface area contributed by atoms with Gasteiger partial charge in [-0.1, -0.05) is 12.1 Å². The van der Waals surface area contributed by atoms with Crippen LogP contribution in [0.2, 0.25) is 0 Å². The van der Waals surface area contributed by atoms with Gasteiger partial charge in [-0.3, -0.25) is 14.4 Å². The lowest BCUT2D eigenvalue weighted by Crippen LogP contribution is -2.25. The third-order valence-corrected chi connectivity index (χ3v) is 1.85. The molecule has 0 bridgehead atoms. The van der Waals surface area contributed by atoms with Gasteiger partial charge >= 0.3 is 0 Å². The lowest BCUT2D eigenvalue weighted by molar-refractivity contribution is -0.0756. The van der Waals surface area contributed by atoms with Crippen molar-refractivity contribution < 1.29 is 14.4 Å². The Hall–Kier alpha value is -1.68. The van der Waals surface area contributed by atoms with E-state index in [2.05, 4.69) is 0 Å². The van der Waals surface area contributed by atoms with Crippen LogP contribution in [-0.2, 0) is 4.84 Å². The average Bonchev–Trinajstić information content (AvgIpc) is 2.27. The summed E-state index contributed by atoms with van der Waals surface area (Å²) in [4.78, 5) is 26.6. The molecule has 1 rings (SSSR count). The van der Waals surface area contributed by atoms with Crippen molar-refractivity contribution in [1.82, 2.24) is 5.06 Å². The van der Waals surface area contributed by atoms with Crippen LogP contribution in [0, 0.1) is 0 Å². The van der Waals surface area contributed by atoms with Crippen molar-refractivity contribution in [2.45, 2.75) is 0 Å². The zero-order valence-corrected chi connectivity index (χ0v) is 8.06. The third kappa shape index (κ3) is 2.17. The van der Waals surface area contributed by atoms with Crippen LogP contribution >= 0.6 is 0 Å². The molecule has 0 spiro atoms. The van der Waals surface area contributed by atoms with Gasteiger partial charge in [-0.05, 0) is 12.1 Å². The second kappa shape index (κ2) is 4.53. The fraction of sp³-hybridized carbons (Fsp3) is 0.200. The lowest BCUT2D eigenvalue weighted by Gasteiger charge is -2.13. The number of carbonyl (C=O) groups excluding carboxylic acids is 2. The molecule has 0 saturated heterocycles. The standard InChI is InChI=1S/C10H11NO3/c1-11(14-2)10(13)9-5-3-8(7-12)4-6-9/h3-7H,1-2H3. The van der Waals surface area contributed by atoms with E-state index < -0.39 is 0 Å². The topological polar surface area (TPSA) is 46.6 Å². The molecule has 0 aliphatic carbocycles. The number of aldehydes is 1. The maximum Gasteiger partial charge on any atom is 0.277 e. The summed E-state index contributed by atoms with van der Waals surface area (Å²) >= 11 is 0.